The van der Waals surface area contributed by atoms with Crippen LogP contribution in [0.3, 0.4) is 0 Å². The average Bonchev–Trinajstić information content (AvgIpc) is 3.32. The van der Waals surface area contributed by atoms with Gasteiger partial charge in [-0.25, -0.2) is 0 Å². The van der Waals surface area contributed by atoms with Gasteiger partial charge in [0, 0.05) is 21.5 Å². The van der Waals surface area contributed by atoms with Crippen LogP contribution >= 0.6 is 22.9 Å². The molecule has 27 heavy (non-hydrogen) atoms. The Hall–Kier alpha value is -2.61. The molecule has 0 unspecified atom stereocenters. The van der Waals surface area contributed by atoms with E-state index in [1.807, 2.05) is 35.0 Å². The van der Waals surface area contributed by atoms with Crippen molar-refractivity contribution in [2.45, 2.75) is 4.90 Å². The molecule has 0 spiro atoms. The summed E-state index contributed by atoms with van der Waals surface area (Å²) in [7, 11) is -3.77. The Bertz CT molecular complexity index is 1150. The van der Waals surface area contributed by atoms with Gasteiger partial charge in [-0.3, -0.25) is 0 Å². The Labute approximate surface area is 165 Å². The van der Waals surface area contributed by atoms with E-state index in [0.717, 1.165) is 11.1 Å². The van der Waals surface area contributed by atoms with Crippen molar-refractivity contribution in [3.05, 3.63) is 82.5 Å². The van der Waals surface area contributed by atoms with Crippen molar-refractivity contribution in [2.75, 3.05) is 4.83 Å². The smallest absolute Gasteiger partial charge is 0.200 e. The molecule has 0 atom stereocenters. The Morgan fingerprint density at radius 1 is 0.963 bits per heavy atom. The molecule has 0 saturated heterocycles. The van der Waals surface area contributed by atoms with E-state index in [9.17, 15) is 8.42 Å². The Kier molecular flexibility index (Phi) is 4.73. The molecule has 0 radical (unpaired) electrons. The summed E-state index contributed by atoms with van der Waals surface area (Å²) in [5.74, 6) is 0. The number of halogens is 1. The molecule has 0 aliphatic rings. The van der Waals surface area contributed by atoms with Gasteiger partial charge in [0.25, 0.3) is 10.0 Å². The fourth-order valence-corrected chi connectivity index (χ4v) is 4.36. The monoisotopic (exact) mass is 415 g/mol. The highest BCUT2D eigenvalue weighted by Gasteiger charge is 2.19. The van der Waals surface area contributed by atoms with Crippen molar-refractivity contribution in [3.8, 4) is 22.5 Å². The Balaban J connectivity index is 1.78. The quantitative estimate of drug-likeness (QED) is 0.506. The van der Waals surface area contributed by atoms with Crippen LogP contribution in [0.4, 0.5) is 0 Å². The predicted octanol–water partition coefficient (Wildman–Crippen LogP) is 4.86. The van der Waals surface area contributed by atoms with Crippen LogP contribution in [0.25, 0.3) is 22.5 Å². The summed E-state index contributed by atoms with van der Waals surface area (Å²) >= 11 is 7.48. The number of nitrogens with zero attached hydrogens (tertiary/aromatic N) is 2. The molecule has 0 aliphatic carbocycles. The lowest BCUT2D eigenvalue weighted by atomic mass is 10.1. The SMILES string of the molecule is O=S(=O)(Nn1nc(-c2ccc(Cl)cc2)cc1-c1ccsc1)c1ccccc1. The zero-order valence-corrected chi connectivity index (χ0v) is 16.3. The maximum absolute atomic E-state index is 12.7. The molecule has 0 saturated carbocycles. The van der Waals surface area contributed by atoms with E-state index in [1.165, 1.54) is 28.3 Å². The molecule has 8 heteroatoms. The fourth-order valence-electron chi connectivity index (χ4n) is 2.59. The second-order valence-electron chi connectivity index (χ2n) is 5.75. The summed E-state index contributed by atoms with van der Waals surface area (Å²) in [6.45, 7) is 0. The van der Waals surface area contributed by atoms with Crippen molar-refractivity contribution >= 4 is 33.0 Å². The zero-order valence-electron chi connectivity index (χ0n) is 13.9. The van der Waals surface area contributed by atoms with Gasteiger partial charge in [-0.1, -0.05) is 41.9 Å². The lowest BCUT2D eigenvalue weighted by Crippen LogP contribution is -2.25. The lowest BCUT2D eigenvalue weighted by molar-refractivity contribution is 0.592. The molecular formula is C19H14ClN3O2S2. The van der Waals surface area contributed by atoms with Crippen LogP contribution in [-0.2, 0) is 10.0 Å². The van der Waals surface area contributed by atoms with Gasteiger partial charge in [0.05, 0.1) is 16.3 Å². The molecule has 2 heterocycles. The summed E-state index contributed by atoms with van der Waals surface area (Å²) in [5.41, 5.74) is 3.02. The third-order valence-corrected chi connectivity index (χ3v) is 6.17. The first-order valence-corrected chi connectivity index (χ1v) is 10.8. The molecule has 1 N–H and O–H groups in total. The number of hydrogen-bond donors (Lipinski definition) is 1. The van der Waals surface area contributed by atoms with E-state index in [1.54, 1.807) is 30.3 Å². The molecular weight excluding hydrogens is 402 g/mol. The van der Waals surface area contributed by atoms with Crippen LogP contribution in [0, 0.1) is 0 Å². The first kappa shape index (κ1) is 17.8. The molecule has 0 amide bonds. The molecule has 2 aromatic carbocycles. The number of sulfonamides is 1. The lowest BCUT2D eigenvalue weighted by Gasteiger charge is -2.10. The van der Waals surface area contributed by atoms with Crippen molar-refractivity contribution in [1.82, 2.24) is 9.89 Å². The number of thiophene rings is 1. The van der Waals surface area contributed by atoms with Crippen LogP contribution in [0.1, 0.15) is 0 Å². The van der Waals surface area contributed by atoms with Crippen LogP contribution < -0.4 is 4.83 Å². The van der Waals surface area contributed by atoms with Crippen LogP contribution in [0.5, 0.6) is 0 Å². The van der Waals surface area contributed by atoms with Gasteiger partial charge in [-0.05, 0) is 41.8 Å². The highest BCUT2D eigenvalue weighted by molar-refractivity contribution is 7.92. The third-order valence-electron chi connectivity index (χ3n) is 3.93. The largest absolute Gasteiger partial charge is 0.276 e. The maximum atomic E-state index is 12.7. The summed E-state index contributed by atoms with van der Waals surface area (Å²) in [6, 6.07) is 19.2. The van der Waals surface area contributed by atoms with Crippen molar-refractivity contribution in [1.29, 1.82) is 0 Å². The van der Waals surface area contributed by atoms with Gasteiger partial charge in [-0.15, -0.1) is 0 Å². The minimum atomic E-state index is -3.77. The summed E-state index contributed by atoms with van der Waals surface area (Å²) in [5, 5.41) is 8.96. The number of rotatable bonds is 5. The van der Waals surface area contributed by atoms with Gasteiger partial charge in [0.1, 0.15) is 0 Å². The minimum absolute atomic E-state index is 0.171. The molecule has 2 aromatic heterocycles. The number of nitrogens with one attached hydrogen (secondary N) is 1. The zero-order chi connectivity index (χ0) is 18.9. The third kappa shape index (κ3) is 3.75. The van der Waals surface area contributed by atoms with Gasteiger partial charge >= 0.3 is 0 Å². The molecule has 0 bridgehead atoms. The van der Waals surface area contributed by atoms with E-state index >= 15 is 0 Å². The highest BCUT2D eigenvalue weighted by Crippen LogP contribution is 2.28. The maximum Gasteiger partial charge on any atom is 0.276 e. The molecule has 5 nitrogen and oxygen atoms in total. The van der Waals surface area contributed by atoms with Gasteiger partial charge in [0.15, 0.2) is 0 Å². The van der Waals surface area contributed by atoms with Gasteiger partial charge in [0.2, 0.25) is 0 Å². The van der Waals surface area contributed by atoms with E-state index in [0.29, 0.717) is 16.4 Å². The average molecular weight is 416 g/mol. The van der Waals surface area contributed by atoms with Gasteiger partial charge < -0.3 is 0 Å². The highest BCUT2D eigenvalue weighted by atomic mass is 35.5. The Morgan fingerprint density at radius 3 is 2.37 bits per heavy atom. The number of hydrogen-bond acceptors (Lipinski definition) is 4. The normalized spacial score (nSPS) is 11.4. The molecule has 0 fully saturated rings. The minimum Gasteiger partial charge on any atom is -0.200 e. The first-order valence-electron chi connectivity index (χ1n) is 7.99. The summed E-state index contributed by atoms with van der Waals surface area (Å²) < 4.78 is 25.5. The fraction of sp³-hybridized carbons (Fsp3) is 0. The second kappa shape index (κ2) is 7.19. The molecule has 136 valence electrons. The van der Waals surface area contributed by atoms with Gasteiger partial charge in [-0.2, -0.15) is 34.5 Å². The van der Waals surface area contributed by atoms with E-state index in [-0.39, 0.29) is 4.90 Å². The summed E-state index contributed by atoms with van der Waals surface area (Å²) in [6.07, 6.45) is 0. The molecule has 0 aliphatic heterocycles. The molecule has 4 aromatic rings. The second-order valence-corrected chi connectivity index (χ2v) is 8.63. The van der Waals surface area contributed by atoms with Crippen LogP contribution in [-0.4, -0.2) is 18.3 Å². The van der Waals surface area contributed by atoms with E-state index in [2.05, 4.69) is 9.93 Å². The van der Waals surface area contributed by atoms with E-state index < -0.39 is 10.0 Å². The van der Waals surface area contributed by atoms with E-state index in [4.69, 9.17) is 11.6 Å². The Morgan fingerprint density at radius 2 is 1.70 bits per heavy atom. The first-order chi connectivity index (χ1) is 13.0. The number of benzene rings is 2. The number of aromatic nitrogens is 2. The standard InChI is InChI=1S/C19H14ClN3O2S2/c20-16-8-6-14(7-9-16)18-12-19(15-10-11-26-13-15)23(21-18)22-27(24,25)17-4-2-1-3-5-17/h1-13,22H. The van der Waals surface area contributed by atoms with Crippen LogP contribution in [0.2, 0.25) is 5.02 Å². The van der Waals surface area contributed by atoms with Crippen molar-refractivity contribution < 1.29 is 8.42 Å². The van der Waals surface area contributed by atoms with Crippen molar-refractivity contribution in [3.63, 3.8) is 0 Å². The topological polar surface area (TPSA) is 64.0 Å². The molecule has 4 rings (SSSR count). The van der Waals surface area contributed by atoms with Crippen LogP contribution in [0.15, 0.2) is 82.4 Å². The predicted molar refractivity (Wildman–Crippen MR) is 109 cm³/mol. The van der Waals surface area contributed by atoms with Crippen molar-refractivity contribution in [2.24, 2.45) is 0 Å². The summed E-state index contributed by atoms with van der Waals surface area (Å²) in [4.78, 5) is 4.02.